The molecule has 7 heteroatoms. The molecule has 0 aromatic heterocycles. The van der Waals surface area contributed by atoms with Gasteiger partial charge < -0.3 is 5.32 Å². The van der Waals surface area contributed by atoms with Crippen molar-refractivity contribution in [1.82, 2.24) is 5.32 Å². The van der Waals surface area contributed by atoms with E-state index < -0.39 is 15.9 Å². The molecule has 0 radical (unpaired) electrons. The van der Waals surface area contributed by atoms with Gasteiger partial charge in [0.1, 0.15) is 12.4 Å². The highest BCUT2D eigenvalue weighted by atomic mass is 32.2. The number of carbonyl (C=O) groups excluding carboxylic acids is 1. The quantitative estimate of drug-likeness (QED) is 0.819. The average molecular weight is 364 g/mol. The molecule has 0 atom stereocenters. The molecule has 134 valence electrons. The first-order chi connectivity index (χ1) is 11.8. The summed E-state index contributed by atoms with van der Waals surface area (Å²) in [6.07, 6.45) is 1.61. The first-order valence-electron chi connectivity index (χ1n) is 7.82. The number of anilines is 1. The summed E-state index contributed by atoms with van der Waals surface area (Å²) in [6, 6.07) is 13.0. The van der Waals surface area contributed by atoms with Gasteiger partial charge in [-0.05, 0) is 42.7 Å². The van der Waals surface area contributed by atoms with Gasteiger partial charge in [-0.2, -0.15) is 0 Å². The predicted octanol–water partition coefficient (Wildman–Crippen LogP) is 2.26. The van der Waals surface area contributed by atoms with Gasteiger partial charge in [-0.15, -0.1) is 0 Å². The normalized spacial score (nSPS) is 11.2. The number of aryl methyl sites for hydroxylation is 1. The SMILES string of the molecule is Cc1ccccc1N(CC(=O)NCCc1ccc(F)cc1)S(C)(=O)=O. The van der Waals surface area contributed by atoms with Crippen LogP contribution in [0.25, 0.3) is 0 Å². The summed E-state index contributed by atoms with van der Waals surface area (Å²) >= 11 is 0. The zero-order valence-electron chi connectivity index (χ0n) is 14.2. The summed E-state index contributed by atoms with van der Waals surface area (Å²) in [5.41, 5.74) is 2.14. The smallest absolute Gasteiger partial charge is 0.240 e. The van der Waals surface area contributed by atoms with Crippen molar-refractivity contribution >= 4 is 21.6 Å². The topological polar surface area (TPSA) is 66.5 Å². The van der Waals surface area contributed by atoms with Gasteiger partial charge in [-0.1, -0.05) is 30.3 Å². The van der Waals surface area contributed by atoms with Gasteiger partial charge in [0.25, 0.3) is 0 Å². The van der Waals surface area contributed by atoms with E-state index >= 15 is 0 Å². The fraction of sp³-hybridized carbons (Fsp3) is 0.278. The molecule has 0 aliphatic heterocycles. The van der Waals surface area contributed by atoms with Crippen LogP contribution in [0.3, 0.4) is 0 Å². The van der Waals surface area contributed by atoms with Crippen molar-refractivity contribution in [2.24, 2.45) is 0 Å². The van der Waals surface area contributed by atoms with Crippen LogP contribution in [0.2, 0.25) is 0 Å². The fourth-order valence-electron chi connectivity index (χ4n) is 2.41. The largest absolute Gasteiger partial charge is 0.354 e. The average Bonchev–Trinajstić information content (AvgIpc) is 2.54. The second-order valence-electron chi connectivity index (χ2n) is 5.78. The van der Waals surface area contributed by atoms with Crippen LogP contribution in [0.4, 0.5) is 10.1 Å². The molecule has 1 amide bonds. The Labute approximate surface area is 147 Å². The van der Waals surface area contributed by atoms with Crippen LogP contribution in [0.1, 0.15) is 11.1 Å². The number of nitrogens with one attached hydrogen (secondary N) is 1. The van der Waals surface area contributed by atoms with Crippen LogP contribution in [-0.2, 0) is 21.2 Å². The Morgan fingerprint density at radius 3 is 2.36 bits per heavy atom. The molecule has 0 saturated carbocycles. The Hall–Kier alpha value is -2.41. The molecule has 2 rings (SSSR count). The molecule has 0 bridgehead atoms. The second-order valence-corrected chi connectivity index (χ2v) is 7.69. The third kappa shape index (κ3) is 5.56. The lowest BCUT2D eigenvalue weighted by Crippen LogP contribution is -2.41. The van der Waals surface area contributed by atoms with Crippen molar-refractivity contribution in [3.8, 4) is 0 Å². The van der Waals surface area contributed by atoms with Crippen molar-refractivity contribution < 1.29 is 17.6 Å². The van der Waals surface area contributed by atoms with E-state index in [4.69, 9.17) is 0 Å². The number of hydrogen-bond donors (Lipinski definition) is 1. The highest BCUT2D eigenvalue weighted by Crippen LogP contribution is 2.21. The molecule has 1 N–H and O–H groups in total. The van der Waals surface area contributed by atoms with Gasteiger partial charge in [-0.3, -0.25) is 9.10 Å². The van der Waals surface area contributed by atoms with Crippen molar-refractivity contribution in [3.63, 3.8) is 0 Å². The highest BCUT2D eigenvalue weighted by molar-refractivity contribution is 7.92. The number of sulfonamides is 1. The molecule has 2 aromatic rings. The van der Waals surface area contributed by atoms with E-state index in [1.165, 1.54) is 12.1 Å². The summed E-state index contributed by atoms with van der Waals surface area (Å²) in [7, 11) is -3.59. The molecular formula is C18H21FN2O3S. The maximum atomic E-state index is 12.9. The monoisotopic (exact) mass is 364 g/mol. The Kier molecular flexibility index (Phi) is 6.14. The van der Waals surface area contributed by atoms with E-state index in [0.29, 0.717) is 18.7 Å². The van der Waals surface area contributed by atoms with E-state index in [9.17, 15) is 17.6 Å². The first kappa shape index (κ1) is 18.9. The van der Waals surface area contributed by atoms with Crippen LogP contribution >= 0.6 is 0 Å². The standard InChI is InChI=1S/C18H21FN2O3S/c1-14-5-3-4-6-17(14)21(25(2,23)24)13-18(22)20-12-11-15-7-9-16(19)10-8-15/h3-10H,11-13H2,1-2H3,(H,20,22). The number of nitrogens with zero attached hydrogens (tertiary/aromatic N) is 1. The number of amides is 1. The van der Waals surface area contributed by atoms with Gasteiger partial charge in [0.05, 0.1) is 11.9 Å². The number of halogens is 1. The summed E-state index contributed by atoms with van der Waals surface area (Å²) in [5, 5.41) is 2.70. The second kappa shape index (κ2) is 8.11. The van der Waals surface area contributed by atoms with E-state index in [2.05, 4.69) is 5.32 Å². The molecule has 0 spiro atoms. The van der Waals surface area contributed by atoms with Gasteiger partial charge in [-0.25, -0.2) is 12.8 Å². The molecule has 0 saturated heterocycles. The Morgan fingerprint density at radius 1 is 1.12 bits per heavy atom. The maximum Gasteiger partial charge on any atom is 0.240 e. The molecule has 5 nitrogen and oxygen atoms in total. The summed E-state index contributed by atoms with van der Waals surface area (Å²) < 4.78 is 38.1. The van der Waals surface area contributed by atoms with E-state index in [1.807, 2.05) is 6.07 Å². The van der Waals surface area contributed by atoms with Crippen LogP contribution in [0.5, 0.6) is 0 Å². The van der Waals surface area contributed by atoms with Gasteiger partial charge in [0.15, 0.2) is 0 Å². The zero-order chi connectivity index (χ0) is 18.4. The van der Waals surface area contributed by atoms with Crippen molar-refractivity contribution in [2.75, 3.05) is 23.7 Å². The van der Waals surface area contributed by atoms with Crippen LogP contribution < -0.4 is 9.62 Å². The van der Waals surface area contributed by atoms with E-state index in [1.54, 1.807) is 37.3 Å². The number of benzene rings is 2. The molecule has 0 aliphatic carbocycles. The number of carbonyl (C=O) groups is 1. The van der Waals surface area contributed by atoms with Crippen LogP contribution in [-0.4, -0.2) is 33.7 Å². The van der Waals surface area contributed by atoms with Gasteiger partial charge in [0.2, 0.25) is 15.9 Å². The maximum absolute atomic E-state index is 12.9. The van der Waals surface area contributed by atoms with E-state index in [-0.39, 0.29) is 12.4 Å². The van der Waals surface area contributed by atoms with Gasteiger partial charge >= 0.3 is 0 Å². The minimum atomic E-state index is -3.59. The molecular weight excluding hydrogens is 343 g/mol. The molecule has 0 heterocycles. The number of hydrogen-bond acceptors (Lipinski definition) is 3. The minimum absolute atomic E-state index is 0.285. The highest BCUT2D eigenvalue weighted by Gasteiger charge is 2.21. The van der Waals surface area contributed by atoms with Crippen LogP contribution in [0, 0.1) is 12.7 Å². The number of para-hydroxylation sites is 1. The third-order valence-corrected chi connectivity index (χ3v) is 4.85. The van der Waals surface area contributed by atoms with E-state index in [0.717, 1.165) is 21.7 Å². The van der Waals surface area contributed by atoms with Gasteiger partial charge in [0, 0.05) is 6.54 Å². The van der Waals surface area contributed by atoms with Crippen molar-refractivity contribution in [2.45, 2.75) is 13.3 Å². The minimum Gasteiger partial charge on any atom is -0.354 e. The number of rotatable bonds is 7. The van der Waals surface area contributed by atoms with Crippen LogP contribution in [0.15, 0.2) is 48.5 Å². The lowest BCUT2D eigenvalue weighted by Gasteiger charge is -2.23. The molecule has 0 aliphatic rings. The summed E-state index contributed by atoms with van der Waals surface area (Å²) in [6.45, 7) is 1.85. The fourth-order valence-corrected chi connectivity index (χ4v) is 3.32. The zero-order valence-corrected chi connectivity index (χ0v) is 15.0. The predicted molar refractivity (Wildman–Crippen MR) is 96.5 cm³/mol. The Morgan fingerprint density at radius 2 is 1.76 bits per heavy atom. The molecule has 2 aromatic carbocycles. The van der Waals surface area contributed by atoms with Crippen molar-refractivity contribution in [1.29, 1.82) is 0 Å². The molecule has 25 heavy (non-hydrogen) atoms. The lowest BCUT2D eigenvalue weighted by molar-refractivity contribution is -0.119. The third-order valence-electron chi connectivity index (χ3n) is 3.72. The molecule has 0 fully saturated rings. The summed E-state index contributed by atoms with van der Waals surface area (Å²) in [5.74, 6) is -0.703. The molecule has 0 unspecified atom stereocenters. The Bertz CT molecular complexity index is 836. The lowest BCUT2D eigenvalue weighted by atomic mass is 10.1. The van der Waals surface area contributed by atoms with Crippen molar-refractivity contribution in [3.05, 3.63) is 65.5 Å². The first-order valence-corrected chi connectivity index (χ1v) is 9.66. The Balaban J connectivity index is 1.98. The summed E-state index contributed by atoms with van der Waals surface area (Å²) in [4.78, 5) is 12.2.